The van der Waals surface area contributed by atoms with Crippen molar-refractivity contribution in [3.05, 3.63) is 28.2 Å². The van der Waals surface area contributed by atoms with Crippen molar-refractivity contribution in [2.45, 2.75) is 13.5 Å². The Morgan fingerprint density at radius 3 is 2.89 bits per heavy atom. The van der Waals surface area contributed by atoms with Gasteiger partial charge in [0.1, 0.15) is 0 Å². The van der Waals surface area contributed by atoms with Crippen LogP contribution in [0.5, 0.6) is 0 Å². The van der Waals surface area contributed by atoms with E-state index in [2.05, 4.69) is 26.6 Å². The lowest BCUT2D eigenvalue weighted by atomic mass is 9.88. The van der Waals surface area contributed by atoms with E-state index in [1.807, 2.05) is 25.1 Å². The third-order valence-electron chi connectivity index (χ3n) is 3.60. The lowest BCUT2D eigenvalue weighted by Crippen LogP contribution is -2.48. The van der Waals surface area contributed by atoms with E-state index < -0.39 is 0 Å². The maximum absolute atomic E-state index is 12.2. The number of anilines is 1. The molecule has 2 N–H and O–H groups in total. The molecule has 1 fully saturated rings. The van der Waals surface area contributed by atoms with Gasteiger partial charge in [-0.3, -0.25) is 4.79 Å². The van der Waals surface area contributed by atoms with Gasteiger partial charge in [0.2, 0.25) is 5.91 Å². The van der Waals surface area contributed by atoms with Crippen LogP contribution in [0.1, 0.15) is 12.5 Å². The summed E-state index contributed by atoms with van der Waals surface area (Å²) < 4.78 is 6.13. The Bertz CT molecular complexity index is 461. The fraction of sp³-hybridized carbons (Fsp3) is 0.500. The molecule has 1 aliphatic rings. The van der Waals surface area contributed by atoms with Crippen LogP contribution < -0.4 is 10.6 Å². The summed E-state index contributed by atoms with van der Waals surface area (Å²) in [7, 11) is 1.65. The van der Waals surface area contributed by atoms with Crippen LogP contribution in [0.25, 0.3) is 0 Å². The molecule has 0 radical (unpaired) electrons. The Labute approximate surface area is 122 Å². The minimum atomic E-state index is 0.0237. The predicted molar refractivity (Wildman–Crippen MR) is 79.0 cm³/mol. The summed E-state index contributed by atoms with van der Waals surface area (Å²) in [6.07, 6.45) is 0. The van der Waals surface area contributed by atoms with Crippen molar-refractivity contribution in [2.24, 2.45) is 11.8 Å². The SMILES string of the molecule is COCc1c(Br)cccc1NC(=O)C(C)C1CNC1. The second kappa shape index (κ2) is 6.50. The number of carbonyl (C=O) groups excluding carboxylic acids is 1. The van der Waals surface area contributed by atoms with Gasteiger partial charge < -0.3 is 15.4 Å². The molecule has 0 aliphatic carbocycles. The van der Waals surface area contributed by atoms with Gasteiger partial charge >= 0.3 is 0 Å². The predicted octanol–water partition coefficient (Wildman–Crippen LogP) is 2.39. The van der Waals surface area contributed by atoms with Crippen molar-refractivity contribution in [3.63, 3.8) is 0 Å². The number of rotatable bonds is 5. The van der Waals surface area contributed by atoms with Crippen molar-refractivity contribution in [2.75, 3.05) is 25.5 Å². The van der Waals surface area contributed by atoms with E-state index in [1.165, 1.54) is 0 Å². The van der Waals surface area contributed by atoms with Crippen molar-refractivity contribution < 1.29 is 9.53 Å². The van der Waals surface area contributed by atoms with Crippen LogP contribution in [0.3, 0.4) is 0 Å². The van der Waals surface area contributed by atoms with E-state index in [0.717, 1.165) is 28.8 Å². The quantitative estimate of drug-likeness (QED) is 0.873. The van der Waals surface area contributed by atoms with Crippen molar-refractivity contribution in [1.82, 2.24) is 5.32 Å². The number of halogens is 1. The number of amides is 1. The molecule has 0 spiro atoms. The Balaban J connectivity index is 2.09. The van der Waals surface area contributed by atoms with Gasteiger partial charge in [0, 0.05) is 28.8 Å². The zero-order chi connectivity index (χ0) is 13.8. The Morgan fingerprint density at radius 2 is 2.32 bits per heavy atom. The van der Waals surface area contributed by atoms with Crippen LogP contribution in [-0.4, -0.2) is 26.1 Å². The van der Waals surface area contributed by atoms with E-state index in [0.29, 0.717) is 12.5 Å². The third-order valence-corrected chi connectivity index (χ3v) is 4.34. The summed E-state index contributed by atoms with van der Waals surface area (Å²) in [5.74, 6) is 0.538. The maximum Gasteiger partial charge on any atom is 0.227 e. The molecule has 19 heavy (non-hydrogen) atoms. The summed E-state index contributed by atoms with van der Waals surface area (Å²) in [4.78, 5) is 12.2. The topological polar surface area (TPSA) is 50.4 Å². The molecular weight excluding hydrogens is 308 g/mol. The number of methoxy groups -OCH3 is 1. The molecule has 1 amide bonds. The molecule has 1 unspecified atom stereocenters. The van der Waals surface area contributed by atoms with Gasteiger partial charge in [-0.1, -0.05) is 28.9 Å². The standard InChI is InChI=1S/C14H19BrN2O2/c1-9(10-6-16-7-10)14(18)17-13-5-3-4-12(15)11(13)8-19-2/h3-5,9-10,16H,6-8H2,1-2H3,(H,17,18). The molecule has 0 saturated carbocycles. The Morgan fingerprint density at radius 1 is 1.58 bits per heavy atom. The fourth-order valence-electron chi connectivity index (χ4n) is 2.09. The zero-order valence-corrected chi connectivity index (χ0v) is 12.8. The normalized spacial score (nSPS) is 16.8. The van der Waals surface area contributed by atoms with Gasteiger partial charge in [-0.05, 0) is 31.1 Å². The highest BCUT2D eigenvalue weighted by Gasteiger charge is 2.29. The van der Waals surface area contributed by atoms with Crippen LogP contribution in [0, 0.1) is 11.8 Å². The minimum Gasteiger partial charge on any atom is -0.380 e. The summed E-state index contributed by atoms with van der Waals surface area (Å²) >= 11 is 3.49. The molecule has 1 heterocycles. The van der Waals surface area contributed by atoms with Gasteiger partial charge in [-0.25, -0.2) is 0 Å². The Kier molecular flexibility index (Phi) is 4.96. The van der Waals surface area contributed by atoms with E-state index in [1.54, 1.807) is 7.11 Å². The second-order valence-electron chi connectivity index (χ2n) is 4.90. The number of ether oxygens (including phenoxy) is 1. The number of carbonyl (C=O) groups is 1. The molecule has 1 saturated heterocycles. The van der Waals surface area contributed by atoms with Crippen LogP contribution in [0.15, 0.2) is 22.7 Å². The van der Waals surface area contributed by atoms with Crippen molar-refractivity contribution in [3.8, 4) is 0 Å². The van der Waals surface area contributed by atoms with Crippen LogP contribution in [0.2, 0.25) is 0 Å². The first-order valence-electron chi connectivity index (χ1n) is 6.41. The molecule has 1 aromatic carbocycles. The third kappa shape index (κ3) is 3.35. The highest BCUT2D eigenvalue weighted by molar-refractivity contribution is 9.10. The fourth-order valence-corrected chi connectivity index (χ4v) is 2.57. The van der Waals surface area contributed by atoms with Gasteiger partial charge in [-0.15, -0.1) is 0 Å². The minimum absolute atomic E-state index is 0.0237. The molecular formula is C14H19BrN2O2. The highest BCUT2D eigenvalue weighted by Crippen LogP contribution is 2.27. The summed E-state index contributed by atoms with van der Waals surface area (Å²) in [5.41, 5.74) is 1.79. The van der Waals surface area contributed by atoms with Crippen LogP contribution in [-0.2, 0) is 16.1 Å². The lowest BCUT2D eigenvalue weighted by molar-refractivity contribution is -0.121. The zero-order valence-electron chi connectivity index (χ0n) is 11.2. The average molecular weight is 327 g/mol. The number of benzene rings is 1. The molecule has 1 aliphatic heterocycles. The van der Waals surface area contributed by atoms with Gasteiger partial charge in [0.15, 0.2) is 0 Å². The molecule has 0 bridgehead atoms. The molecule has 4 nitrogen and oxygen atoms in total. The summed E-state index contributed by atoms with van der Waals surface area (Å²) in [6, 6.07) is 5.76. The molecule has 0 aromatic heterocycles. The van der Waals surface area contributed by atoms with Gasteiger partial charge in [0.05, 0.1) is 6.61 Å². The van der Waals surface area contributed by atoms with E-state index in [9.17, 15) is 4.79 Å². The highest BCUT2D eigenvalue weighted by atomic mass is 79.9. The first-order valence-corrected chi connectivity index (χ1v) is 7.20. The van der Waals surface area contributed by atoms with E-state index in [-0.39, 0.29) is 11.8 Å². The second-order valence-corrected chi connectivity index (χ2v) is 5.75. The van der Waals surface area contributed by atoms with Crippen LogP contribution >= 0.6 is 15.9 Å². The number of nitrogens with one attached hydrogen (secondary N) is 2. The molecule has 5 heteroatoms. The van der Waals surface area contributed by atoms with E-state index in [4.69, 9.17) is 4.74 Å². The first-order chi connectivity index (χ1) is 9.13. The molecule has 104 valence electrons. The van der Waals surface area contributed by atoms with Crippen LogP contribution in [0.4, 0.5) is 5.69 Å². The average Bonchev–Trinajstić information content (AvgIpc) is 2.31. The largest absolute Gasteiger partial charge is 0.380 e. The van der Waals surface area contributed by atoms with Crippen molar-refractivity contribution >= 4 is 27.5 Å². The maximum atomic E-state index is 12.2. The molecule has 2 rings (SSSR count). The molecule has 1 aromatic rings. The summed E-state index contributed by atoms with van der Waals surface area (Å²) in [6.45, 7) is 4.31. The van der Waals surface area contributed by atoms with Gasteiger partial charge in [-0.2, -0.15) is 0 Å². The van der Waals surface area contributed by atoms with E-state index >= 15 is 0 Å². The summed E-state index contributed by atoms with van der Waals surface area (Å²) in [5, 5.41) is 6.20. The monoisotopic (exact) mass is 326 g/mol. The smallest absolute Gasteiger partial charge is 0.227 e. The first kappa shape index (κ1) is 14.5. The lowest BCUT2D eigenvalue weighted by Gasteiger charge is -2.31. The number of hydrogen-bond acceptors (Lipinski definition) is 3. The Hall–Kier alpha value is -0.910. The van der Waals surface area contributed by atoms with Gasteiger partial charge in [0.25, 0.3) is 0 Å². The molecule has 1 atom stereocenters. The van der Waals surface area contributed by atoms with Crippen molar-refractivity contribution in [1.29, 1.82) is 0 Å². The number of hydrogen-bond donors (Lipinski definition) is 2.